The van der Waals surface area contributed by atoms with E-state index in [9.17, 15) is 9.90 Å². The number of carbonyl (C=O) groups is 1. The number of anilines is 1. The highest BCUT2D eigenvalue weighted by atomic mass is 35.5. The number of carboxylic acids is 1. The van der Waals surface area contributed by atoms with Crippen LogP contribution in [-0.4, -0.2) is 36.9 Å². The third-order valence-electron chi connectivity index (χ3n) is 3.70. The Morgan fingerprint density at radius 2 is 2.26 bits per heavy atom. The zero-order valence-electron chi connectivity index (χ0n) is 11.1. The Hall–Kier alpha value is -1.26. The van der Waals surface area contributed by atoms with Crippen molar-refractivity contribution < 1.29 is 14.6 Å². The summed E-state index contributed by atoms with van der Waals surface area (Å²) in [6, 6.07) is 5.19. The van der Waals surface area contributed by atoms with Crippen LogP contribution in [0.15, 0.2) is 18.2 Å². The van der Waals surface area contributed by atoms with Gasteiger partial charge in [0.15, 0.2) is 0 Å². The van der Waals surface area contributed by atoms with Gasteiger partial charge in [0.1, 0.15) is 5.56 Å². The van der Waals surface area contributed by atoms with Gasteiger partial charge in [0.25, 0.3) is 0 Å². The van der Waals surface area contributed by atoms with E-state index in [0.717, 1.165) is 19.4 Å². The average molecular weight is 284 g/mol. The zero-order chi connectivity index (χ0) is 14.0. The smallest absolute Gasteiger partial charge is 0.339 e. The largest absolute Gasteiger partial charge is 0.478 e. The number of ether oxygens (including phenoxy) is 1. The van der Waals surface area contributed by atoms with Crippen LogP contribution in [0, 0.1) is 0 Å². The predicted octanol–water partition coefficient (Wildman–Crippen LogP) is 3.04. The number of hydrogen-bond acceptors (Lipinski definition) is 3. The summed E-state index contributed by atoms with van der Waals surface area (Å²) in [5, 5.41) is 9.59. The number of rotatable bonds is 3. The van der Waals surface area contributed by atoms with Crippen LogP contribution in [0.4, 0.5) is 5.69 Å². The van der Waals surface area contributed by atoms with E-state index in [1.165, 1.54) is 0 Å². The van der Waals surface area contributed by atoms with E-state index in [1.807, 2.05) is 11.8 Å². The number of piperidine rings is 1. The van der Waals surface area contributed by atoms with Gasteiger partial charge in [0.2, 0.25) is 0 Å². The summed E-state index contributed by atoms with van der Waals surface area (Å²) in [4.78, 5) is 13.4. The van der Waals surface area contributed by atoms with Crippen molar-refractivity contribution >= 4 is 23.3 Å². The molecule has 1 aromatic carbocycles. The van der Waals surface area contributed by atoms with E-state index < -0.39 is 5.97 Å². The molecule has 1 aromatic rings. The van der Waals surface area contributed by atoms with E-state index in [1.54, 1.807) is 25.3 Å². The molecule has 1 atom stereocenters. The van der Waals surface area contributed by atoms with Crippen molar-refractivity contribution in [3.8, 4) is 0 Å². The van der Waals surface area contributed by atoms with Gasteiger partial charge >= 0.3 is 5.97 Å². The van der Waals surface area contributed by atoms with Crippen LogP contribution in [-0.2, 0) is 4.74 Å². The van der Waals surface area contributed by atoms with E-state index in [2.05, 4.69) is 0 Å². The molecule has 0 radical (unpaired) electrons. The van der Waals surface area contributed by atoms with Crippen LogP contribution in [0.5, 0.6) is 0 Å². The molecular formula is C14H18ClNO3. The third kappa shape index (κ3) is 2.85. The van der Waals surface area contributed by atoms with E-state index >= 15 is 0 Å². The fraction of sp³-hybridized carbons (Fsp3) is 0.500. The quantitative estimate of drug-likeness (QED) is 0.926. The number of benzene rings is 1. The van der Waals surface area contributed by atoms with Crippen LogP contribution < -0.4 is 4.90 Å². The van der Waals surface area contributed by atoms with Crippen LogP contribution >= 0.6 is 11.6 Å². The molecule has 1 unspecified atom stereocenters. The van der Waals surface area contributed by atoms with Crippen LogP contribution in [0.1, 0.15) is 30.1 Å². The summed E-state index contributed by atoms with van der Waals surface area (Å²) < 4.78 is 5.54. The lowest BCUT2D eigenvalue weighted by molar-refractivity contribution is -0.00472. The van der Waals surface area contributed by atoms with Crippen molar-refractivity contribution in [2.24, 2.45) is 0 Å². The summed E-state index contributed by atoms with van der Waals surface area (Å²) in [7, 11) is 1.69. The minimum Gasteiger partial charge on any atom is -0.478 e. The molecular weight excluding hydrogens is 266 g/mol. The molecule has 1 saturated heterocycles. The average Bonchev–Trinajstić information content (AvgIpc) is 2.38. The number of hydrogen-bond donors (Lipinski definition) is 1. The Balaban J connectivity index is 2.37. The molecule has 0 aromatic heterocycles. The van der Waals surface area contributed by atoms with Crippen LogP contribution in [0.2, 0.25) is 5.02 Å². The Morgan fingerprint density at radius 3 is 2.89 bits per heavy atom. The molecule has 0 bridgehead atoms. The number of aromatic carboxylic acids is 1. The lowest BCUT2D eigenvalue weighted by Gasteiger charge is -2.41. The molecule has 0 saturated carbocycles. The maximum atomic E-state index is 11.4. The SMILES string of the molecule is COC1(C)CCCN(c2cccc(Cl)c2C(=O)O)C1. The lowest BCUT2D eigenvalue weighted by atomic mass is 9.94. The summed E-state index contributed by atoms with van der Waals surface area (Å²) in [6.45, 7) is 3.54. The van der Waals surface area contributed by atoms with Gasteiger partial charge in [0, 0.05) is 20.2 Å². The molecule has 1 aliphatic rings. The van der Waals surface area contributed by atoms with Gasteiger partial charge in [-0.2, -0.15) is 0 Å². The fourth-order valence-electron chi connectivity index (χ4n) is 2.57. The van der Waals surface area contributed by atoms with Gasteiger partial charge in [0.05, 0.1) is 16.3 Å². The van der Waals surface area contributed by atoms with Crippen molar-refractivity contribution in [2.45, 2.75) is 25.4 Å². The number of carboxylic acid groups (broad SMARTS) is 1. The Morgan fingerprint density at radius 1 is 1.53 bits per heavy atom. The molecule has 0 spiro atoms. The van der Waals surface area contributed by atoms with Crippen LogP contribution in [0.25, 0.3) is 0 Å². The number of nitrogens with zero attached hydrogens (tertiary/aromatic N) is 1. The van der Waals surface area contributed by atoms with Crippen molar-refractivity contribution in [2.75, 3.05) is 25.1 Å². The van der Waals surface area contributed by atoms with Gasteiger partial charge in [-0.25, -0.2) is 4.79 Å². The number of methoxy groups -OCH3 is 1. The summed E-state index contributed by atoms with van der Waals surface area (Å²) in [6.07, 6.45) is 1.94. The molecule has 2 rings (SSSR count). The lowest BCUT2D eigenvalue weighted by Crippen LogP contribution is -2.47. The van der Waals surface area contributed by atoms with Crippen molar-refractivity contribution in [3.63, 3.8) is 0 Å². The molecule has 5 heteroatoms. The normalized spacial score (nSPS) is 23.4. The molecule has 4 nitrogen and oxygen atoms in total. The maximum Gasteiger partial charge on any atom is 0.339 e. The van der Waals surface area contributed by atoms with Crippen LogP contribution in [0.3, 0.4) is 0 Å². The first kappa shape index (κ1) is 14.2. The van der Waals surface area contributed by atoms with Gasteiger partial charge in [-0.05, 0) is 31.9 Å². The first-order valence-electron chi connectivity index (χ1n) is 6.29. The van der Waals surface area contributed by atoms with Crippen molar-refractivity contribution in [1.82, 2.24) is 0 Å². The van der Waals surface area contributed by atoms with Crippen molar-refractivity contribution in [1.29, 1.82) is 0 Å². The Labute approximate surface area is 117 Å². The molecule has 1 heterocycles. The molecule has 19 heavy (non-hydrogen) atoms. The minimum absolute atomic E-state index is 0.171. The molecule has 0 amide bonds. The van der Waals surface area contributed by atoms with E-state index in [-0.39, 0.29) is 16.2 Å². The summed E-state index contributed by atoms with van der Waals surface area (Å²) in [5.74, 6) is -0.995. The predicted molar refractivity (Wildman–Crippen MR) is 75.3 cm³/mol. The summed E-state index contributed by atoms with van der Waals surface area (Å²) in [5.41, 5.74) is 0.601. The second-order valence-electron chi connectivity index (χ2n) is 5.12. The minimum atomic E-state index is -0.995. The van der Waals surface area contributed by atoms with Gasteiger partial charge in [-0.1, -0.05) is 17.7 Å². The molecule has 1 N–H and O–H groups in total. The number of halogens is 1. The second-order valence-corrected chi connectivity index (χ2v) is 5.53. The van der Waals surface area contributed by atoms with Gasteiger partial charge < -0.3 is 14.7 Å². The third-order valence-corrected chi connectivity index (χ3v) is 4.01. The van der Waals surface area contributed by atoms with E-state index in [0.29, 0.717) is 12.2 Å². The first-order valence-corrected chi connectivity index (χ1v) is 6.66. The van der Waals surface area contributed by atoms with Crippen molar-refractivity contribution in [3.05, 3.63) is 28.8 Å². The standard InChI is InChI=1S/C14H18ClNO3/c1-14(19-2)7-4-8-16(9-14)11-6-3-5-10(15)12(11)13(17)18/h3,5-6H,4,7-9H2,1-2H3,(H,17,18). The Kier molecular flexibility index (Phi) is 4.02. The second kappa shape index (κ2) is 5.39. The zero-order valence-corrected chi connectivity index (χ0v) is 11.9. The topological polar surface area (TPSA) is 49.8 Å². The molecule has 1 aliphatic heterocycles. The molecule has 104 valence electrons. The van der Waals surface area contributed by atoms with E-state index in [4.69, 9.17) is 16.3 Å². The van der Waals surface area contributed by atoms with Gasteiger partial charge in [-0.15, -0.1) is 0 Å². The maximum absolute atomic E-state index is 11.4. The monoisotopic (exact) mass is 283 g/mol. The highest BCUT2D eigenvalue weighted by Crippen LogP contribution is 2.33. The molecule has 0 aliphatic carbocycles. The summed E-state index contributed by atoms with van der Waals surface area (Å²) >= 11 is 6.01. The highest BCUT2D eigenvalue weighted by molar-refractivity contribution is 6.34. The Bertz CT molecular complexity index is 492. The van der Waals surface area contributed by atoms with Gasteiger partial charge in [-0.3, -0.25) is 0 Å². The first-order chi connectivity index (χ1) is 8.97. The highest BCUT2D eigenvalue weighted by Gasteiger charge is 2.32. The molecule has 1 fully saturated rings. The fourth-order valence-corrected chi connectivity index (χ4v) is 2.82.